The van der Waals surface area contributed by atoms with E-state index in [0.717, 1.165) is 11.3 Å². The Hall–Kier alpha value is -1.97. The van der Waals surface area contributed by atoms with Crippen LogP contribution in [0.3, 0.4) is 0 Å². The number of sulfonamides is 1. The molecular formula is C15H16FN3O3S2. The van der Waals surface area contributed by atoms with Crippen LogP contribution in [-0.2, 0) is 23.0 Å². The summed E-state index contributed by atoms with van der Waals surface area (Å²) >= 11 is 1.23. The van der Waals surface area contributed by atoms with Gasteiger partial charge in [0.2, 0.25) is 10.0 Å². The highest BCUT2D eigenvalue weighted by molar-refractivity contribution is 7.91. The van der Waals surface area contributed by atoms with Crippen molar-refractivity contribution in [3.63, 3.8) is 0 Å². The molecule has 3 rings (SSSR count). The fourth-order valence-electron chi connectivity index (χ4n) is 2.41. The van der Waals surface area contributed by atoms with Gasteiger partial charge in [0.25, 0.3) is 0 Å². The Morgan fingerprint density at radius 2 is 2.08 bits per heavy atom. The van der Waals surface area contributed by atoms with Crippen LogP contribution < -0.4 is 10.4 Å². The maximum atomic E-state index is 13.2. The standard InChI is InChI=1S/C15H16FN3O3S2/c1-2-11-4-6-14(23-11)24(21,22)17-7-8-19-13-5-3-10(16)9-12(13)18-15(19)20/h3-6,9,17H,2,7-8H2,1H3,(H,18,20). The molecule has 0 spiro atoms. The van der Waals surface area contributed by atoms with Crippen LogP contribution in [0.4, 0.5) is 4.39 Å². The number of benzene rings is 1. The van der Waals surface area contributed by atoms with E-state index in [1.807, 2.05) is 6.92 Å². The van der Waals surface area contributed by atoms with Crippen LogP contribution in [0.15, 0.2) is 39.3 Å². The van der Waals surface area contributed by atoms with Gasteiger partial charge in [-0.2, -0.15) is 0 Å². The Morgan fingerprint density at radius 3 is 2.79 bits per heavy atom. The number of fused-ring (bicyclic) bond motifs is 1. The molecule has 9 heteroatoms. The summed E-state index contributed by atoms with van der Waals surface area (Å²) < 4.78 is 41.8. The van der Waals surface area contributed by atoms with Gasteiger partial charge < -0.3 is 4.98 Å². The van der Waals surface area contributed by atoms with Crippen molar-refractivity contribution >= 4 is 32.4 Å². The molecule has 0 aliphatic rings. The lowest BCUT2D eigenvalue weighted by Crippen LogP contribution is -2.29. The van der Waals surface area contributed by atoms with Gasteiger partial charge in [-0.25, -0.2) is 22.3 Å². The van der Waals surface area contributed by atoms with E-state index in [1.165, 1.54) is 34.1 Å². The molecule has 128 valence electrons. The van der Waals surface area contributed by atoms with Gasteiger partial charge in [0.1, 0.15) is 10.0 Å². The van der Waals surface area contributed by atoms with E-state index in [-0.39, 0.29) is 17.3 Å². The lowest BCUT2D eigenvalue weighted by Gasteiger charge is -2.06. The van der Waals surface area contributed by atoms with Crippen molar-refractivity contribution in [2.24, 2.45) is 0 Å². The number of hydrogen-bond acceptors (Lipinski definition) is 4. The maximum Gasteiger partial charge on any atom is 0.326 e. The van der Waals surface area contributed by atoms with Crippen molar-refractivity contribution in [1.29, 1.82) is 0 Å². The zero-order valence-corrected chi connectivity index (χ0v) is 14.5. The summed E-state index contributed by atoms with van der Waals surface area (Å²) in [5, 5.41) is 0. The molecular weight excluding hydrogens is 353 g/mol. The van der Waals surface area contributed by atoms with Crippen molar-refractivity contribution in [3.8, 4) is 0 Å². The predicted molar refractivity (Wildman–Crippen MR) is 91.4 cm³/mol. The third-order valence-corrected chi connectivity index (χ3v) is 6.80. The minimum Gasteiger partial charge on any atom is -0.305 e. The summed E-state index contributed by atoms with van der Waals surface area (Å²) in [4.78, 5) is 15.5. The first-order valence-electron chi connectivity index (χ1n) is 7.37. The molecule has 0 atom stereocenters. The highest BCUT2D eigenvalue weighted by atomic mass is 32.2. The molecule has 0 amide bonds. The molecule has 2 N–H and O–H groups in total. The molecule has 3 aromatic rings. The van der Waals surface area contributed by atoms with Gasteiger partial charge in [0, 0.05) is 18.0 Å². The zero-order valence-electron chi connectivity index (χ0n) is 12.9. The van der Waals surface area contributed by atoms with E-state index in [2.05, 4.69) is 9.71 Å². The first-order chi connectivity index (χ1) is 11.4. The van der Waals surface area contributed by atoms with Gasteiger partial charge in [0.15, 0.2) is 0 Å². The largest absolute Gasteiger partial charge is 0.326 e. The summed E-state index contributed by atoms with van der Waals surface area (Å²) in [6.45, 7) is 2.17. The van der Waals surface area contributed by atoms with Crippen LogP contribution in [-0.4, -0.2) is 24.5 Å². The molecule has 0 aliphatic carbocycles. The normalized spacial score (nSPS) is 12.1. The summed E-state index contributed by atoms with van der Waals surface area (Å²) in [7, 11) is -3.59. The van der Waals surface area contributed by atoms with Crippen molar-refractivity contribution in [2.75, 3.05) is 6.54 Å². The van der Waals surface area contributed by atoms with Gasteiger partial charge in [0.05, 0.1) is 11.0 Å². The maximum absolute atomic E-state index is 13.2. The number of aromatic nitrogens is 2. The Bertz CT molecular complexity index is 1030. The van der Waals surface area contributed by atoms with Crippen molar-refractivity contribution in [1.82, 2.24) is 14.3 Å². The van der Waals surface area contributed by atoms with E-state index in [1.54, 1.807) is 12.1 Å². The number of hydrogen-bond donors (Lipinski definition) is 2. The summed E-state index contributed by atoms with van der Waals surface area (Å²) in [5.74, 6) is -0.443. The second-order valence-corrected chi connectivity index (χ2v) is 8.38. The molecule has 0 saturated carbocycles. The van der Waals surface area contributed by atoms with Crippen LogP contribution >= 0.6 is 11.3 Å². The van der Waals surface area contributed by atoms with Crippen LogP contribution in [0.1, 0.15) is 11.8 Å². The predicted octanol–water partition coefficient (Wildman–Crippen LogP) is 2.07. The molecule has 1 aromatic carbocycles. The van der Waals surface area contributed by atoms with Gasteiger partial charge in [-0.3, -0.25) is 4.57 Å². The number of nitrogens with one attached hydrogen (secondary N) is 2. The number of H-pyrrole nitrogens is 1. The van der Waals surface area contributed by atoms with E-state index in [9.17, 15) is 17.6 Å². The Labute approximate surface area is 142 Å². The highest BCUT2D eigenvalue weighted by Gasteiger charge is 2.16. The minimum absolute atomic E-state index is 0.0614. The Morgan fingerprint density at radius 1 is 1.29 bits per heavy atom. The third kappa shape index (κ3) is 3.28. The summed E-state index contributed by atoms with van der Waals surface area (Å²) in [5.41, 5.74) is 0.512. The first kappa shape index (κ1) is 16.9. The van der Waals surface area contributed by atoms with Crippen molar-refractivity contribution in [3.05, 3.63) is 51.5 Å². The fraction of sp³-hybridized carbons (Fsp3) is 0.267. The number of thiophene rings is 1. The molecule has 0 aliphatic heterocycles. The molecule has 0 saturated heterocycles. The average Bonchev–Trinajstić information content (AvgIpc) is 3.12. The number of rotatable bonds is 6. The second kappa shape index (κ2) is 6.50. The number of imidazole rings is 1. The zero-order chi connectivity index (χ0) is 17.3. The number of aromatic amines is 1. The van der Waals surface area contributed by atoms with Gasteiger partial charge >= 0.3 is 5.69 Å². The summed E-state index contributed by atoms with van der Waals surface area (Å²) in [6, 6.07) is 7.35. The van der Waals surface area contributed by atoms with Crippen LogP contribution in [0, 0.1) is 5.82 Å². The molecule has 24 heavy (non-hydrogen) atoms. The van der Waals surface area contributed by atoms with Crippen LogP contribution in [0.25, 0.3) is 11.0 Å². The van der Waals surface area contributed by atoms with Crippen molar-refractivity contribution < 1.29 is 12.8 Å². The smallest absolute Gasteiger partial charge is 0.305 e. The second-order valence-electron chi connectivity index (χ2n) is 5.22. The molecule has 6 nitrogen and oxygen atoms in total. The molecule has 0 bridgehead atoms. The molecule has 2 heterocycles. The number of aryl methyl sites for hydroxylation is 1. The van der Waals surface area contributed by atoms with E-state index >= 15 is 0 Å². The Kier molecular flexibility index (Phi) is 4.57. The minimum atomic E-state index is -3.59. The quantitative estimate of drug-likeness (QED) is 0.698. The lowest BCUT2D eigenvalue weighted by molar-refractivity contribution is 0.574. The average molecular weight is 369 g/mol. The lowest BCUT2D eigenvalue weighted by atomic mass is 10.3. The Balaban J connectivity index is 1.74. The monoisotopic (exact) mass is 369 g/mol. The van der Waals surface area contributed by atoms with Gasteiger partial charge in [-0.05, 0) is 36.8 Å². The fourth-order valence-corrected chi connectivity index (χ4v) is 4.77. The molecule has 2 aromatic heterocycles. The summed E-state index contributed by atoms with van der Waals surface area (Å²) in [6.07, 6.45) is 0.779. The molecule has 0 unspecified atom stereocenters. The van der Waals surface area contributed by atoms with E-state index < -0.39 is 21.5 Å². The highest BCUT2D eigenvalue weighted by Crippen LogP contribution is 2.21. The van der Waals surface area contributed by atoms with Gasteiger partial charge in [-0.15, -0.1) is 11.3 Å². The van der Waals surface area contributed by atoms with Gasteiger partial charge in [-0.1, -0.05) is 6.92 Å². The van der Waals surface area contributed by atoms with Crippen LogP contribution in [0.5, 0.6) is 0 Å². The van der Waals surface area contributed by atoms with E-state index in [0.29, 0.717) is 11.0 Å². The third-order valence-electron chi connectivity index (χ3n) is 3.61. The van der Waals surface area contributed by atoms with E-state index in [4.69, 9.17) is 0 Å². The molecule has 0 radical (unpaired) electrons. The first-order valence-corrected chi connectivity index (χ1v) is 9.67. The number of nitrogens with zero attached hydrogens (tertiary/aromatic N) is 1. The van der Waals surface area contributed by atoms with Crippen LogP contribution in [0.2, 0.25) is 0 Å². The number of halogens is 1. The molecule has 0 fully saturated rings. The SMILES string of the molecule is CCc1ccc(S(=O)(=O)NCCn2c(=O)[nH]c3cc(F)ccc32)s1. The topological polar surface area (TPSA) is 84.0 Å². The van der Waals surface area contributed by atoms with Crippen molar-refractivity contribution in [2.45, 2.75) is 24.1 Å².